The number of amides is 5. The molecule has 1 saturated carbocycles. The maximum atomic E-state index is 13.2. The van der Waals surface area contributed by atoms with E-state index < -0.39 is 6.04 Å². The van der Waals surface area contributed by atoms with Crippen LogP contribution in [0, 0.1) is 0 Å². The summed E-state index contributed by atoms with van der Waals surface area (Å²) in [5.41, 5.74) is 4.03. The topological polar surface area (TPSA) is 73.0 Å². The molecule has 7 nitrogen and oxygen atoms in total. The summed E-state index contributed by atoms with van der Waals surface area (Å²) in [5.74, 6) is 0.00635. The van der Waals surface area contributed by atoms with Crippen LogP contribution in [0.1, 0.15) is 17.9 Å². The van der Waals surface area contributed by atoms with Crippen LogP contribution in [-0.4, -0.2) is 64.4 Å². The average Bonchev–Trinajstić information content (AvgIpc) is 3.65. The molecule has 0 aromatic heterocycles. The van der Waals surface area contributed by atoms with Crippen molar-refractivity contribution in [2.45, 2.75) is 24.4 Å². The third kappa shape index (κ3) is 3.93. The summed E-state index contributed by atoms with van der Waals surface area (Å²) in [6.45, 7) is 0.955. The molecule has 3 aromatic rings. The van der Waals surface area contributed by atoms with Gasteiger partial charge in [-0.05, 0) is 35.2 Å². The number of nitrogens with one attached hydrogen (secondary N) is 1. The van der Waals surface area contributed by atoms with E-state index in [2.05, 4.69) is 5.32 Å². The molecule has 6 rings (SSSR count). The molecule has 3 aromatic carbocycles. The number of hydrogen-bond acceptors (Lipinski definition) is 3. The fourth-order valence-electron chi connectivity index (χ4n) is 5.21. The molecule has 0 spiro atoms. The molecular weight excluding hydrogens is 440 g/mol. The van der Waals surface area contributed by atoms with Crippen molar-refractivity contribution in [3.05, 3.63) is 90.5 Å². The van der Waals surface area contributed by atoms with Gasteiger partial charge in [-0.25, -0.2) is 9.59 Å². The average molecular weight is 467 g/mol. The molecule has 0 bridgehead atoms. The zero-order valence-electron chi connectivity index (χ0n) is 19.2. The summed E-state index contributed by atoms with van der Waals surface area (Å²) < 4.78 is 0. The van der Waals surface area contributed by atoms with Crippen LogP contribution in [0.4, 0.5) is 15.3 Å². The summed E-state index contributed by atoms with van der Waals surface area (Å²) in [4.78, 5) is 43.9. The summed E-state index contributed by atoms with van der Waals surface area (Å²) >= 11 is 0. The minimum atomic E-state index is -0.612. The van der Waals surface area contributed by atoms with Crippen molar-refractivity contribution >= 4 is 23.7 Å². The van der Waals surface area contributed by atoms with Gasteiger partial charge >= 0.3 is 12.1 Å². The number of rotatable bonds is 4. The molecule has 2 saturated heterocycles. The Morgan fingerprint density at radius 3 is 2.17 bits per heavy atom. The highest BCUT2D eigenvalue weighted by molar-refractivity contribution is 6.05. The normalized spacial score (nSPS) is 23.3. The van der Waals surface area contributed by atoms with Gasteiger partial charge in [0.15, 0.2) is 0 Å². The number of hydrogen-bond donors (Lipinski definition) is 1. The minimum absolute atomic E-state index is 0.0894. The van der Waals surface area contributed by atoms with Crippen molar-refractivity contribution in [3.63, 3.8) is 0 Å². The van der Waals surface area contributed by atoms with Crippen LogP contribution in [0.5, 0.6) is 0 Å². The Kier molecular flexibility index (Phi) is 5.25. The largest absolute Gasteiger partial charge is 0.327 e. The molecule has 1 aliphatic carbocycles. The summed E-state index contributed by atoms with van der Waals surface area (Å²) in [6, 6.07) is 26.6. The first-order chi connectivity index (χ1) is 17.1. The van der Waals surface area contributed by atoms with Crippen LogP contribution in [0.2, 0.25) is 0 Å². The molecule has 7 heteroatoms. The van der Waals surface area contributed by atoms with Crippen LogP contribution in [0.15, 0.2) is 84.9 Å². The van der Waals surface area contributed by atoms with Gasteiger partial charge < -0.3 is 15.1 Å². The molecule has 35 heavy (non-hydrogen) atoms. The molecule has 5 amide bonds. The van der Waals surface area contributed by atoms with E-state index in [0.29, 0.717) is 18.8 Å². The number of anilines is 1. The second-order valence-corrected chi connectivity index (χ2v) is 9.34. The number of piperazine rings is 1. The highest BCUT2D eigenvalue weighted by Crippen LogP contribution is 2.46. The second-order valence-electron chi connectivity index (χ2n) is 9.34. The van der Waals surface area contributed by atoms with Gasteiger partial charge in [0.2, 0.25) is 0 Å². The van der Waals surface area contributed by atoms with Gasteiger partial charge in [-0.15, -0.1) is 0 Å². The number of fused-ring (bicyclic) bond motifs is 1. The van der Waals surface area contributed by atoms with Crippen molar-refractivity contribution in [3.8, 4) is 11.1 Å². The lowest BCUT2D eigenvalue weighted by Gasteiger charge is -2.35. The van der Waals surface area contributed by atoms with E-state index in [0.717, 1.165) is 23.1 Å². The van der Waals surface area contributed by atoms with Crippen molar-refractivity contribution in [1.29, 1.82) is 0 Å². The van der Waals surface area contributed by atoms with E-state index in [9.17, 15) is 14.4 Å². The Bertz CT molecular complexity index is 1260. The van der Waals surface area contributed by atoms with Crippen molar-refractivity contribution in [1.82, 2.24) is 14.7 Å². The number of urea groups is 2. The molecule has 3 aliphatic rings. The van der Waals surface area contributed by atoms with Gasteiger partial charge in [-0.3, -0.25) is 9.69 Å². The highest BCUT2D eigenvalue weighted by atomic mass is 16.2. The molecule has 176 valence electrons. The molecule has 2 heterocycles. The van der Waals surface area contributed by atoms with Gasteiger partial charge in [0.1, 0.15) is 6.04 Å². The smallest absolute Gasteiger partial charge is 0.320 e. The summed E-state index contributed by atoms with van der Waals surface area (Å²) in [7, 11) is 0. The van der Waals surface area contributed by atoms with Crippen molar-refractivity contribution < 1.29 is 14.4 Å². The van der Waals surface area contributed by atoms with E-state index in [1.165, 1.54) is 4.90 Å². The van der Waals surface area contributed by atoms with E-state index in [1.54, 1.807) is 9.80 Å². The number of carbonyl (C=O) groups excluding carboxylic acids is 3. The quantitative estimate of drug-likeness (QED) is 0.580. The highest BCUT2D eigenvalue weighted by Gasteiger charge is 2.56. The molecule has 3 atom stereocenters. The second kappa shape index (κ2) is 8.58. The Hall–Kier alpha value is -4.13. The third-order valence-electron chi connectivity index (χ3n) is 7.20. The molecular formula is C28H26N4O3. The first-order valence-corrected chi connectivity index (χ1v) is 12.0. The number of nitrogens with zero attached hydrogens (tertiary/aromatic N) is 3. The maximum Gasteiger partial charge on any atom is 0.327 e. The van der Waals surface area contributed by atoms with Gasteiger partial charge in [-0.1, -0.05) is 72.8 Å². The van der Waals surface area contributed by atoms with Gasteiger partial charge in [-0.2, -0.15) is 0 Å². The van der Waals surface area contributed by atoms with Crippen LogP contribution >= 0.6 is 0 Å². The molecule has 1 N–H and O–H groups in total. The Balaban J connectivity index is 1.10. The van der Waals surface area contributed by atoms with Crippen LogP contribution < -0.4 is 5.32 Å². The van der Waals surface area contributed by atoms with E-state index >= 15 is 0 Å². The Morgan fingerprint density at radius 1 is 0.800 bits per heavy atom. The fourth-order valence-corrected chi connectivity index (χ4v) is 5.21. The maximum absolute atomic E-state index is 13.2. The SMILES string of the molecule is O=C(Nc1ccc(-c2ccccc2)cc1)N1CCN2C(=O)N([C@H]3C[C@@H]3c3ccccc3)C(=O)C2C1. The molecule has 0 radical (unpaired) electrons. The molecule has 1 unspecified atom stereocenters. The standard InChI is InChI=1S/C28H26N4O3/c33-26-25-18-30(27(34)29-22-13-11-20(12-14-22)19-7-3-1-4-8-19)15-16-31(25)28(35)32(26)24-17-23(24)21-9-5-2-6-10-21/h1-14,23-25H,15-18H2,(H,29,34)/t23-,24+,25?/m1/s1. The first kappa shape index (κ1) is 21.4. The predicted octanol–water partition coefficient (Wildman–Crippen LogP) is 4.39. The minimum Gasteiger partial charge on any atom is -0.320 e. The Labute approximate surface area is 203 Å². The fraction of sp³-hybridized carbons (Fsp3) is 0.250. The first-order valence-electron chi connectivity index (χ1n) is 12.0. The lowest BCUT2D eigenvalue weighted by Crippen LogP contribution is -2.55. The number of carbonyl (C=O) groups is 3. The number of imide groups is 1. The van der Waals surface area contributed by atoms with Gasteiger partial charge in [0, 0.05) is 30.7 Å². The lowest BCUT2D eigenvalue weighted by atomic mass is 10.1. The third-order valence-corrected chi connectivity index (χ3v) is 7.20. The van der Waals surface area contributed by atoms with Crippen molar-refractivity contribution in [2.75, 3.05) is 25.0 Å². The van der Waals surface area contributed by atoms with E-state index in [1.807, 2.05) is 84.9 Å². The molecule has 2 aliphatic heterocycles. The van der Waals surface area contributed by atoms with E-state index in [4.69, 9.17) is 0 Å². The van der Waals surface area contributed by atoms with Gasteiger partial charge in [0.25, 0.3) is 5.91 Å². The van der Waals surface area contributed by atoms with Gasteiger partial charge in [0.05, 0.1) is 6.54 Å². The lowest BCUT2D eigenvalue weighted by molar-refractivity contribution is -0.129. The van der Waals surface area contributed by atoms with Crippen molar-refractivity contribution in [2.24, 2.45) is 0 Å². The monoisotopic (exact) mass is 466 g/mol. The summed E-state index contributed by atoms with van der Waals surface area (Å²) in [5, 5.41) is 2.93. The van der Waals surface area contributed by atoms with Crippen LogP contribution in [0.25, 0.3) is 11.1 Å². The number of benzene rings is 3. The molecule has 3 fully saturated rings. The predicted molar refractivity (Wildman–Crippen MR) is 133 cm³/mol. The zero-order valence-corrected chi connectivity index (χ0v) is 19.2. The zero-order chi connectivity index (χ0) is 23.9. The van der Waals surface area contributed by atoms with Crippen LogP contribution in [-0.2, 0) is 4.79 Å². The van der Waals surface area contributed by atoms with E-state index in [-0.39, 0.29) is 36.5 Å². The summed E-state index contributed by atoms with van der Waals surface area (Å²) in [6.07, 6.45) is 0.797. The van der Waals surface area contributed by atoms with Crippen LogP contribution in [0.3, 0.4) is 0 Å². The Morgan fingerprint density at radius 2 is 1.46 bits per heavy atom.